The fourth-order valence-electron chi connectivity index (χ4n) is 2.10. The molecule has 0 aliphatic carbocycles. The van der Waals surface area contributed by atoms with Crippen molar-refractivity contribution in [1.82, 2.24) is 4.98 Å². The van der Waals surface area contributed by atoms with Crippen molar-refractivity contribution >= 4 is 50.8 Å². The molecule has 2 aromatic carbocycles. The number of halogens is 1. The second kappa shape index (κ2) is 5.16. The Labute approximate surface area is 129 Å². The van der Waals surface area contributed by atoms with E-state index in [0.29, 0.717) is 11.3 Å². The van der Waals surface area contributed by atoms with Crippen LogP contribution in [0.3, 0.4) is 0 Å². The molecule has 0 bridgehead atoms. The van der Waals surface area contributed by atoms with E-state index >= 15 is 0 Å². The number of nitrogens with one attached hydrogen (secondary N) is 2. The van der Waals surface area contributed by atoms with Gasteiger partial charge in [-0.1, -0.05) is 6.07 Å². The van der Waals surface area contributed by atoms with Crippen molar-refractivity contribution in [1.29, 1.82) is 0 Å². The van der Waals surface area contributed by atoms with Crippen molar-refractivity contribution in [3.8, 4) is 0 Å². The first-order chi connectivity index (χ1) is 9.63. The molecule has 4 nitrogen and oxygen atoms in total. The number of fused-ring (bicyclic) bond motifs is 1. The zero-order valence-electron chi connectivity index (χ0n) is 10.5. The molecule has 1 aromatic heterocycles. The molecule has 20 heavy (non-hydrogen) atoms. The van der Waals surface area contributed by atoms with Gasteiger partial charge in [0.1, 0.15) is 0 Å². The number of carbonyl (C=O) groups is 1. The van der Waals surface area contributed by atoms with Crippen LogP contribution in [0, 0.1) is 3.57 Å². The molecule has 0 unspecified atom stereocenters. The van der Waals surface area contributed by atoms with Crippen LogP contribution < -0.4 is 11.1 Å². The highest BCUT2D eigenvalue weighted by atomic mass is 127. The normalized spacial score (nSPS) is 10.7. The quantitative estimate of drug-likeness (QED) is 0.472. The van der Waals surface area contributed by atoms with Crippen LogP contribution in [-0.2, 0) is 0 Å². The van der Waals surface area contributed by atoms with Gasteiger partial charge >= 0.3 is 0 Å². The van der Waals surface area contributed by atoms with E-state index in [0.717, 1.165) is 20.2 Å². The van der Waals surface area contributed by atoms with Crippen molar-refractivity contribution in [3.05, 3.63) is 57.8 Å². The standard InChI is InChI=1S/C15H12IN3O/c16-9-2-1-3-11(6-9)19-15(20)13-8-18-14-7-10(17)4-5-12(13)14/h1-8,18H,17H2,(H,19,20). The average molecular weight is 377 g/mol. The van der Waals surface area contributed by atoms with Crippen molar-refractivity contribution in [3.63, 3.8) is 0 Å². The van der Waals surface area contributed by atoms with E-state index in [-0.39, 0.29) is 5.91 Å². The number of amides is 1. The molecule has 0 radical (unpaired) electrons. The van der Waals surface area contributed by atoms with Gasteiger partial charge in [0.05, 0.1) is 5.56 Å². The Morgan fingerprint density at radius 3 is 2.85 bits per heavy atom. The predicted octanol–water partition coefficient (Wildman–Crippen LogP) is 3.61. The summed E-state index contributed by atoms with van der Waals surface area (Å²) in [7, 11) is 0. The molecule has 0 spiro atoms. The van der Waals surface area contributed by atoms with Crippen molar-refractivity contribution in [2.75, 3.05) is 11.1 Å². The Hall–Kier alpha value is -2.02. The van der Waals surface area contributed by atoms with Gasteiger partial charge in [0.2, 0.25) is 0 Å². The second-order valence-corrected chi connectivity index (χ2v) is 5.72. The SMILES string of the molecule is Nc1ccc2c(C(=O)Nc3cccc(I)c3)c[nH]c2c1. The van der Waals surface area contributed by atoms with Crippen molar-refractivity contribution in [2.24, 2.45) is 0 Å². The van der Waals surface area contributed by atoms with E-state index in [2.05, 4.69) is 32.9 Å². The van der Waals surface area contributed by atoms with Crippen LogP contribution in [-0.4, -0.2) is 10.9 Å². The van der Waals surface area contributed by atoms with Crippen molar-refractivity contribution < 1.29 is 4.79 Å². The third kappa shape index (κ3) is 2.49. The van der Waals surface area contributed by atoms with Crippen LogP contribution in [0.2, 0.25) is 0 Å². The second-order valence-electron chi connectivity index (χ2n) is 4.47. The molecular formula is C15H12IN3O. The van der Waals surface area contributed by atoms with Gasteiger partial charge < -0.3 is 16.0 Å². The van der Waals surface area contributed by atoms with E-state index < -0.39 is 0 Å². The lowest BCUT2D eigenvalue weighted by molar-refractivity contribution is 0.102. The fraction of sp³-hybridized carbons (Fsp3) is 0. The van der Waals surface area contributed by atoms with Gasteiger partial charge in [-0.15, -0.1) is 0 Å². The van der Waals surface area contributed by atoms with Crippen LogP contribution in [0.1, 0.15) is 10.4 Å². The highest BCUT2D eigenvalue weighted by molar-refractivity contribution is 14.1. The maximum atomic E-state index is 12.3. The minimum absolute atomic E-state index is 0.136. The lowest BCUT2D eigenvalue weighted by Gasteiger charge is -2.04. The number of nitrogen functional groups attached to an aromatic ring is 1. The van der Waals surface area contributed by atoms with E-state index in [1.54, 1.807) is 12.3 Å². The smallest absolute Gasteiger partial charge is 0.257 e. The predicted molar refractivity (Wildman–Crippen MR) is 89.8 cm³/mol. The summed E-state index contributed by atoms with van der Waals surface area (Å²) >= 11 is 2.21. The number of nitrogens with two attached hydrogens (primary N) is 1. The first-order valence-corrected chi connectivity index (χ1v) is 7.15. The first kappa shape index (κ1) is 13.0. The Morgan fingerprint density at radius 1 is 1.20 bits per heavy atom. The maximum Gasteiger partial charge on any atom is 0.257 e. The minimum Gasteiger partial charge on any atom is -0.399 e. The third-order valence-electron chi connectivity index (χ3n) is 3.03. The molecule has 3 rings (SSSR count). The highest BCUT2D eigenvalue weighted by Crippen LogP contribution is 2.22. The molecule has 100 valence electrons. The number of hydrogen-bond donors (Lipinski definition) is 3. The molecule has 0 aliphatic heterocycles. The summed E-state index contributed by atoms with van der Waals surface area (Å²) in [6, 6.07) is 13.1. The van der Waals surface area contributed by atoms with Crippen LogP contribution in [0.4, 0.5) is 11.4 Å². The topological polar surface area (TPSA) is 70.9 Å². The largest absolute Gasteiger partial charge is 0.399 e. The molecule has 4 N–H and O–H groups in total. The van der Waals surface area contributed by atoms with Gasteiger partial charge in [-0.2, -0.15) is 0 Å². The number of rotatable bonds is 2. The number of carbonyl (C=O) groups excluding carboxylic acids is 1. The molecule has 0 fully saturated rings. The zero-order chi connectivity index (χ0) is 14.1. The fourth-order valence-corrected chi connectivity index (χ4v) is 2.64. The third-order valence-corrected chi connectivity index (χ3v) is 3.70. The molecule has 1 heterocycles. The van der Waals surface area contributed by atoms with E-state index in [4.69, 9.17) is 5.73 Å². The Morgan fingerprint density at radius 2 is 2.05 bits per heavy atom. The summed E-state index contributed by atoms with van der Waals surface area (Å²) in [5.74, 6) is -0.136. The van der Waals surface area contributed by atoms with E-state index in [1.165, 1.54) is 0 Å². The molecular weight excluding hydrogens is 365 g/mol. The summed E-state index contributed by atoms with van der Waals surface area (Å²) in [5.41, 5.74) is 8.65. The first-order valence-electron chi connectivity index (χ1n) is 6.07. The Balaban J connectivity index is 1.93. The molecule has 0 atom stereocenters. The molecule has 5 heteroatoms. The minimum atomic E-state index is -0.136. The molecule has 0 saturated carbocycles. The maximum absolute atomic E-state index is 12.3. The van der Waals surface area contributed by atoms with Crippen molar-refractivity contribution in [2.45, 2.75) is 0 Å². The lowest BCUT2D eigenvalue weighted by Crippen LogP contribution is -2.11. The van der Waals surface area contributed by atoms with E-state index in [1.807, 2.05) is 36.4 Å². The van der Waals surface area contributed by atoms with Gasteiger partial charge in [-0.3, -0.25) is 4.79 Å². The number of hydrogen-bond acceptors (Lipinski definition) is 2. The number of aromatic amines is 1. The summed E-state index contributed by atoms with van der Waals surface area (Å²) in [5, 5.41) is 3.76. The van der Waals surface area contributed by atoms with Crippen LogP contribution in [0.5, 0.6) is 0 Å². The summed E-state index contributed by atoms with van der Waals surface area (Å²) in [4.78, 5) is 15.4. The van der Waals surface area contributed by atoms with Crippen LogP contribution in [0.15, 0.2) is 48.7 Å². The van der Waals surface area contributed by atoms with Crippen LogP contribution in [0.25, 0.3) is 10.9 Å². The van der Waals surface area contributed by atoms with E-state index in [9.17, 15) is 4.79 Å². The van der Waals surface area contributed by atoms with Gasteiger partial charge in [-0.25, -0.2) is 0 Å². The number of aromatic nitrogens is 1. The number of anilines is 2. The van der Waals surface area contributed by atoms with Crippen LogP contribution >= 0.6 is 22.6 Å². The average Bonchev–Trinajstić information content (AvgIpc) is 2.81. The lowest BCUT2D eigenvalue weighted by atomic mass is 10.1. The van der Waals surface area contributed by atoms with Gasteiger partial charge in [0, 0.05) is 32.0 Å². The molecule has 0 saturated heterocycles. The monoisotopic (exact) mass is 377 g/mol. The zero-order valence-corrected chi connectivity index (χ0v) is 12.6. The van der Waals surface area contributed by atoms with Gasteiger partial charge in [0.15, 0.2) is 0 Å². The van der Waals surface area contributed by atoms with Gasteiger partial charge in [0.25, 0.3) is 5.91 Å². The molecule has 3 aromatic rings. The van der Waals surface area contributed by atoms with Gasteiger partial charge in [-0.05, 0) is 59.0 Å². The Kier molecular flexibility index (Phi) is 3.35. The summed E-state index contributed by atoms with van der Waals surface area (Å²) in [6.45, 7) is 0. The number of H-pyrrole nitrogens is 1. The summed E-state index contributed by atoms with van der Waals surface area (Å²) in [6.07, 6.45) is 1.70. The summed E-state index contributed by atoms with van der Waals surface area (Å²) < 4.78 is 1.08. The Bertz CT molecular complexity index is 795. The molecule has 0 aliphatic rings. The number of benzene rings is 2. The highest BCUT2D eigenvalue weighted by Gasteiger charge is 2.12. The molecule has 1 amide bonds.